The van der Waals surface area contributed by atoms with Crippen LogP contribution >= 0.6 is 11.6 Å². The van der Waals surface area contributed by atoms with E-state index in [9.17, 15) is 0 Å². The zero-order valence-electron chi connectivity index (χ0n) is 9.16. The van der Waals surface area contributed by atoms with Gasteiger partial charge in [-0.2, -0.15) is 0 Å². The van der Waals surface area contributed by atoms with Crippen LogP contribution in [0.25, 0.3) is 0 Å². The molecule has 0 aromatic carbocycles. The fourth-order valence-electron chi connectivity index (χ4n) is 1.78. The van der Waals surface area contributed by atoms with E-state index in [1.165, 1.54) is 12.7 Å². The lowest BCUT2D eigenvalue weighted by molar-refractivity contribution is -0.0601. The molecule has 0 atom stereocenters. The van der Waals surface area contributed by atoms with Gasteiger partial charge in [0.15, 0.2) is 11.0 Å². The second-order valence-corrected chi connectivity index (χ2v) is 4.38. The number of anilines is 2. The molecule has 0 unspecified atom stereocenters. The lowest BCUT2D eigenvalue weighted by Crippen LogP contribution is -2.45. The SMILES string of the molecule is COC1(CNc2ncnc(Cl)c2N)CCC1. The summed E-state index contributed by atoms with van der Waals surface area (Å²) < 4.78 is 5.49. The predicted molar refractivity (Wildman–Crippen MR) is 63.5 cm³/mol. The summed E-state index contributed by atoms with van der Waals surface area (Å²) in [6.07, 6.45) is 4.72. The molecule has 88 valence electrons. The molecule has 1 aromatic heterocycles. The van der Waals surface area contributed by atoms with Crippen molar-refractivity contribution in [1.82, 2.24) is 9.97 Å². The average molecular weight is 243 g/mol. The largest absolute Gasteiger partial charge is 0.393 e. The van der Waals surface area contributed by atoms with Crippen LogP contribution in [-0.4, -0.2) is 29.2 Å². The van der Waals surface area contributed by atoms with E-state index in [1.807, 2.05) is 0 Å². The van der Waals surface area contributed by atoms with E-state index in [0.717, 1.165) is 12.8 Å². The van der Waals surface area contributed by atoms with Crippen molar-refractivity contribution in [3.8, 4) is 0 Å². The molecule has 16 heavy (non-hydrogen) atoms. The quantitative estimate of drug-likeness (QED) is 0.787. The van der Waals surface area contributed by atoms with E-state index >= 15 is 0 Å². The van der Waals surface area contributed by atoms with Gasteiger partial charge in [-0.25, -0.2) is 9.97 Å². The van der Waals surface area contributed by atoms with Crippen molar-refractivity contribution >= 4 is 23.1 Å². The lowest BCUT2D eigenvalue weighted by Gasteiger charge is -2.40. The van der Waals surface area contributed by atoms with Gasteiger partial charge in [0, 0.05) is 13.7 Å². The molecule has 0 saturated heterocycles. The van der Waals surface area contributed by atoms with Crippen molar-refractivity contribution < 1.29 is 4.74 Å². The maximum absolute atomic E-state index is 5.80. The molecule has 1 aromatic rings. The van der Waals surface area contributed by atoms with Gasteiger partial charge in [-0.1, -0.05) is 11.6 Å². The number of rotatable bonds is 4. The Morgan fingerprint density at radius 3 is 2.88 bits per heavy atom. The third-order valence-electron chi connectivity index (χ3n) is 3.11. The summed E-state index contributed by atoms with van der Waals surface area (Å²) in [6.45, 7) is 0.695. The Morgan fingerprint density at radius 1 is 1.56 bits per heavy atom. The Hall–Kier alpha value is -1.07. The van der Waals surface area contributed by atoms with Gasteiger partial charge in [0.05, 0.1) is 5.60 Å². The maximum Gasteiger partial charge on any atom is 0.157 e. The number of hydrogen-bond acceptors (Lipinski definition) is 5. The van der Waals surface area contributed by atoms with E-state index < -0.39 is 0 Å². The molecule has 0 spiro atoms. The molecule has 0 radical (unpaired) electrons. The summed E-state index contributed by atoms with van der Waals surface area (Å²) in [5, 5.41) is 3.44. The van der Waals surface area contributed by atoms with Crippen molar-refractivity contribution in [2.24, 2.45) is 0 Å². The van der Waals surface area contributed by atoms with E-state index in [1.54, 1.807) is 7.11 Å². The number of nitrogens with two attached hydrogens (primary N) is 1. The van der Waals surface area contributed by atoms with Gasteiger partial charge in [-0.05, 0) is 19.3 Å². The second kappa shape index (κ2) is 4.43. The number of nitrogens with zero attached hydrogens (tertiary/aromatic N) is 2. The molecule has 0 amide bonds. The van der Waals surface area contributed by atoms with Crippen LogP contribution in [0.1, 0.15) is 19.3 Å². The number of hydrogen-bond donors (Lipinski definition) is 2. The van der Waals surface area contributed by atoms with Crippen LogP contribution in [0.15, 0.2) is 6.33 Å². The van der Waals surface area contributed by atoms with Crippen molar-refractivity contribution in [2.45, 2.75) is 24.9 Å². The van der Waals surface area contributed by atoms with Crippen molar-refractivity contribution in [3.05, 3.63) is 11.5 Å². The number of halogens is 1. The summed E-state index contributed by atoms with van der Waals surface area (Å²) in [6, 6.07) is 0. The molecule has 6 heteroatoms. The smallest absolute Gasteiger partial charge is 0.157 e. The number of methoxy groups -OCH3 is 1. The van der Waals surface area contributed by atoms with Crippen LogP contribution in [0, 0.1) is 0 Å². The number of nitrogens with one attached hydrogen (secondary N) is 1. The first-order chi connectivity index (χ1) is 7.67. The zero-order chi connectivity index (χ0) is 11.6. The molecular weight excluding hydrogens is 228 g/mol. The molecule has 3 N–H and O–H groups in total. The van der Waals surface area contributed by atoms with Crippen LogP contribution < -0.4 is 11.1 Å². The average Bonchev–Trinajstić information content (AvgIpc) is 2.23. The van der Waals surface area contributed by atoms with Gasteiger partial charge >= 0.3 is 0 Å². The predicted octanol–water partition coefficient (Wildman–Crippen LogP) is 1.69. The Labute approximate surface area is 99.4 Å². The Bertz CT molecular complexity index is 376. The minimum absolute atomic E-state index is 0.0656. The molecule has 1 fully saturated rings. The van der Waals surface area contributed by atoms with Gasteiger partial charge in [0.2, 0.25) is 0 Å². The minimum Gasteiger partial charge on any atom is -0.393 e. The van der Waals surface area contributed by atoms with E-state index in [4.69, 9.17) is 22.1 Å². The van der Waals surface area contributed by atoms with E-state index in [-0.39, 0.29) is 10.8 Å². The fourth-order valence-corrected chi connectivity index (χ4v) is 1.92. The Morgan fingerprint density at radius 2 is 2.31 bits per heavy atom. The van der Waals surface area contributed by atoms with Gasteiger partial charge in [-0.15, -0.1) is 0 Å². The van der Waals surface area contributed by atoms with Gasteiger partial charge in [-0.3, -0.25) is 0 Å². The van der Waals surface area contributed by atoms with Crippen LogP contribution in [0.5, 0.6) is 0 Å². The third-order valence-corrected chi connectivity index (χ3v) is 3.41. The molecule has 1 aliphatic rings. The molecule has 1 aliphatic carbocycles. The number of nitrogen functional groups attached to an aromatic ring is 1. The summed E-state index contributed by atoms with van der Waals surface area (Å²) in [4.78, 5) is 7.84. The molecule has 0 bridgehead atoms. The van der Waals surface area contributed by atoms with E-state index in [0.29, 0.717) is 18.1 Å². The van der Waals surface area contributed by atoms with Gasteiger partial charge in [0.1, 0.15) is 12.0 Å². The maximum atomic E-state index is 5.80. The number of aromatic nitrogens is 2. The standard InChI is InChI=1S/C10H15ClN4O/c1-16-10(3-2-4-10)5-13-9-7(12)8(11)14-6-15-9/h6H,2-5,12H2,1H3,(H,13,14,15). The first-order valence-electron chi connectivity index (χ1n) is 5.22. The first-order valence-corrected chi connectivity index (χ1v) is 5.60. The molecule has 2 rings (SSSR count). The van der Waals surface area contributed by atoms with Crippen molar-refractivity contribution in [2.75, 3.05) is 24.7 Å². The summed E-state index contributed by atoms with van der Waals surface area (Å²) in [7, 11) is 1.73. The first kappa shape index (κ1) is 11.4. The second-order valence-electron chi connectivity index (χ2n) is 4.02. The van der Waals surface area contributed by atoms with Crippen molar-refractivity contribution in [3.63, 3.8) is 0 Å². The minimum atomic E-state index is -0.0656. The van der Waals surface area contributed by atoms with Crippen LogP contribution in [0.4, 0.5) is 11.5 Å². The lowest BCUT2D eigenvalue weighted by atomic mass is 9.80. The van der Waals surface area contributed by atoms with Crippen molar-refractivity contribution in [1.29, 1.82) is 0 Å². The monoisotopic (exact) mass is 242 g/mol. The van der Waals surface area contributed by atoms with Crippen LogP contribution in [0.3, 0.4) is 0 Å². The molecular formula is C10H15ClN4O. The highest BCUT2D eigenvalue weighted by atomic mass is 35.5. The highest BCUT2D eigenvalue weighted by Crippen LogP contribution is 2.35. The summed E-state index contributed by atoms with van der Waals surface area (Å²) in [5.41, 5.74) is 6.07. The summed E-state index contributed by atoms with van der Waals surface area (Å²) >= 11 is 5.80. The number of ether oxygens (including phenoxy) is 1. The highest BCUT2D eigenvalue weighted by molar-refractivity contribution is 6.32. The fraction of sp³-hybridized carbons (Fsp3) is 0.600. The Balaban J connectivity index is 2.02. The Kier molecular flexibility index (Phi) is 3.16. The van der Waals surface area contributed by atoms with Gasteiger partial charge < -0.3 is 15.8 Å². The molecule has 5 nitrogen and oxygen atoms in total. The highest BCUT2D eigenvalue weighted by Gasteiger charge is 2.36. The molecule has 1 heterocycles. The zero-order valence-corrected chi connectivity index (χ0v) is 9.92. The van der Waals surface area contributed by atoms with Crippen LogP contribution in [0.2, 0.25) is 5.15 Å². The summed E-state index contributed by atoms with van der Waals surface area (Å²) in [5.74, 6) is 0.573. The van der Waals surface area contributed by atoms with E-state index in [2.05, 4.69) is 15.3 Å². The third kappa shape index (κ3) is 2.05. The topological polar surface area (TPSA) is 73.1 Å². The molecule has 0 aliphatic heterocycles. The molecule has 1 saturated carbocycles. The normalized spacial score (nSPS) is 17.9. The van der Waals surface area contributed by atoms with Gasteiger partial charge in [0.25, 0.3) is 0 Å². The van der Waals surface area contributed by atoms with Crippen LogP contribution in [-0.2, 0) is 4.74 Å².